The Morgan fingerprint density at radius 3 is 2.18 bits per heavy atom. The summed E-state index contributed by atoms with van der Waals surface area (Å²) < 4.78 is 1.58. The minimum atomic E-state index is -0.282. The quantitative estimate of drug-likeness (QED) is 0.311. The first-order chi connectivity index (χ1) is 16.5. The molecule has 0 aliphatic rings. The zero-order valence-corrected chi connectivity index (χ0v) is 19.4. The molecule has 0 spiro atoms. The summed E-state index contributed by atoms with van der Waals surface area (Å²) in [5.41, 5.74) is 9.02. The monoisotopic (exact) mass is 487 g/mol. The minimum absolute atomic E-state index is 0.231. The van der Waals surface area contributed by atoms with Crippen molar-refractivity contribution in [1.82, 2.24) is 14.5 Å². The Kier molecular flexibility index (Phi) is 5.92. The number of hydrogen-bond acceptors (Lipinski definition) is 5. The van der Waals surface area contributed by atoms with Gasteiger partial charge in [-0.3, -0.25) is 9.36 Å². The molecule has 6 nitrogen and oxygen atoms in total. The molecule has 3 aromatic carbocycles. The molecule has 0 atom stereocenters. The van der Waals surface area contributed by atoms with Gasteiger partial charge in [-0.1, -0.05) is 77.8 Å². The number of pyridine rings is 1. The van der Waals surface area contributed by atoms with Crippen LogP contribution in [0, 0.1) is 0 Å². The average Bonchev–Trinajstić information content (AvgIpc) is 2.83. The number of nitrogen functional groups attached to an aromatic ring is 1. The average molecular weight is 488 g/mol. The fraction of sp³-hybridized carbons (Fsp3) is 0.0385. The molecular weight excluding hydrogens is 469 g/mol. The lowest BCUT2D eigenvalue weighted by atomic mass is 10.1. The smallest absolute Gasteiger partial charge is 0.260 e. The van der Waals surface area contributed by atoms with Gasteiger partial charge in [0.2, 0.25) is 5.95 Å². The van der Waals surface area contributed by atoms with E-state index in [1.165, 1.54) is 0 Å². The predicted octanol–water partition coefficient (Wildman–Crippen LogP) is 6.14. The van der Waals surface area contributed by atoms with Gasteiger partial charge < -0.3 is 11.1 Å². The molecule has 0 amide bonds. The van der Waals surface area contributed by atoms with Crippen LogP contribution in [0.15, 0.2) is 89.7 Å². The number of hydrogen-bond donors (Lipinski definition) is 2. The topological polar surface area (TPSA) is 85.8 Å². The fourth-order valence-corrected chi connectivity index (χ4v) is 4.42. The lowest BCUT2D eigenvalue weighted by Gasteiger charge is -2.16. The Bertz CT molecular complexity index is 1530. The molecule has 5 aromatic rings. The highest BCUT2D eigenvalue weighted by Gasteiger charge is 2.19. The molecular formula is C26H19Cl2N5O. The molecule has 5 rings (SSSR count). The molecule has 0 aliphatic carbocycles. The third kappa shape index (κ3) is 4.21. The molecule has 2 aromatic heterocycles. The second-order valence-electron chi connectivity index (χ2n) is 7.69. The van der Waals surface area contributed by atoms with Gasteiger partial charge in [-0.05, 0) is 35.9 Å². The number of halogens is 2. The van der Waals surface area contributed by atoms with Crippen molar-refractivity contribution < 1.29 is 0 Å². The van der Waals surface area contributed by atoms with E-state index >= 15 is 0 Å². The zero-order valence-electron chi connectivity index (χ0n) is 17.9. The van der Waals surface area contributed by atoms with Crippen LogP contribution >= 0.6 is 23.2 Å². The lowest BCUT2D eigenvalue weighted by Crippen LogP contribution is -2.24. The van der Waals surface area contributed by atoms with Crippen LogP contribution in [-0.4, -0.2) is 14.5 Å². The van der Waals surface area contributed by atoms with Crippen LogP contribution in [0.4, 0.5) is 17.5 Å². The summed E-state index contributed by atoms with van der Waals surface area (Å²) in [5, 5.41) is 4.42. The molecule has 0 aliphatic heterocycles. The summed E-state index contributed by atoms with van der Waals surface area (Å²) in [7, 11) is 0. The number of nitrogens with two attached hydrogens (primary N) is 1. The summed E-state index contributed by atoms with van der Waals surface area (Å²) in [6, 6.07) is 25.9. The third-order valence-electron chi connectivity index (χ3n) is 5.42. The van der Waals surface area contributed by atoms with Crippen LogP contribution in [0.5, 0.6) is 0 Å². The fourth-order valence-electron chi connectivity index (χ4n) is 3.82. The normalized spacial score (nSPS) is 11.0. The third-order valence-corrected chi connectivity index (χ3v) is 6.05. The van der Waals surface area contributed by atoms with Crippen LogP contribution in [0.3, 0.4) is 0 Å². The van der Waals surface area contributed by atoms with Crippen LogP contribution in [-0.2, 0) is 6.54 Å². The highest BCUT2D eigenvalue weighted by Crippen LogP contribution is 2.35. The van der Waals surface area contributed by atoms with Crippen LogP contribution in [0.2, 0.25) is 10.0 Å². The van der Waals surface area contributed by atoms with Crippen molar-refractivity contribution >= 4 is 51.7 Å². The molecule has 0 saturated carbocycles. The Morgan fingerprint density at radius 1 is 0.853 bits per heavy atom. The maximum absolute atomic E-state index is 13.8. The molecule has 0 saturated heterocycles. The van der Waals surface area contributed by atoms with Gasteiger partial charge in [-0.2, -0.15) is 9.97 Å². The van der Waals surface area contributed by atoms with Crippen molar-refractivity contribution in [3.63, 3.8) is 0 Å². The summed E-state index contributed by atoms with van der Waals surface area (Å²) in [5.74, 6) is 0.524. The van der Waals surface area contributed by atoms with E-state index in [2.05, 4.69) is 15.3 Å². The van der Waals surface area contributed by atoms with Gasteiger partial charge in [0.1, 0.15) is 5.82 Å². The van der Waals surface area contributed by atoms with Crippen molar-refractivity contribution in [2.45, 2.75) is 6.54 Å². The maximum atomic E-state index is 13.8. The number of nitrogens with zero attached hydrogens (tertiary/aromatic N) is 3. The van der Waals surface area contributed by atoms with Crippen molar-refractivity contribution in [3.05, 3.63) is 111 Å². The molecule has 3 N–H and O–H groups in total. The molecule has 0 bridgehead atoms. The number of aromatic nitrogens is 3. The SMILES string of the molecule is Nc1nc(Nc2ccccc2)nc2c1cc(-c1c(Cl)cccc1Cl)c(=O)n2Cc1ccccc1. The number of anilines is 3. The molecule has 168 valence electrons. The first kappa shape index (κ1) is 21.9. The summed E-state index contributed by atoms with van der Waals surface area (Å²) in [6.07, 6.45) is 0. The van der Waals surface area contributed by atoms with E-state index in [4.69, 9.17) is 28.9 Å². The van der Waals surface area contributed by atoms with E-state index in [9.17, 15) is 4.79 Å². The van der Waals surface area contributed by atoms with Crippen LogP contribution in [0.25, 0.3) is 22.2 Å². The van der Waals surface area contributed by atoms with E-state index in [0.717, 1.165) is 11.3 Å². The van der Waals surface area contributed by atoms with Crippen molar-refractivity contribution in [2.75, 3.05) is 11.1 Å². The van der Waals surface area contributed by atoms with Gasteiger partial charge in [0.25, 0.3) is 5.56 Å². The van der Waals surface area contributed by atoms with Crippen LogP contribution in [0.1, 0.15) is 5.56 Å². The zero-order chi connectivity index (χ0) is 23.7. The lowest BCUT2D eigenvalue weighted by molar-refractivity contribution is 0.784. The predicted molar refractivity (Wildman–Crippen MR) is 139 cm³/mol. The first-order valence-electron chi connectivity index (χ1n) is 10.5. The Hall–Kier alpha value is -3.87. The number of nitrogens with one attached hydrogen (secondary N) is 1. The van der Waals surface area contributed by atoms with Gasteiger partial charge in [0, 0.05) is 11.3 Å². The Labute approximate surface area is 205 Å². The summed E-state index contributed by atoms with van der Waals surface area (Å²) in [4.78, 5) is 22.9. The van der Waals surface area contributed by atoms with E-state index in [-0.39, 0.29) is 17.9 Å². The summed E-state index contributed by atoms with van der Waals surface area (Å²) in [6.45, 7) is 0.285. The second-order valence-corrected chi connectivity index (χ2v) is 8.51. The first-order valence-corrected chi connectivity index (χ1v) is 11.3. The van der Waals surface area contributed by atoms with Crippen molar-refractivity contribution in [1.29, 1.82) is 0 Å². The highest BCUT2D eigenvalue weighted by molar-refractivity contribution is 6.39. The molecule has 34 heavy (non-hydrogen) atoms. The van der Waals surface area contributed by atoms with Gasteiger partial charge in [0.05, 0.1) is 27.5 Å². The van der Waals surface area contributed by atoms with E-state index in [0.29, 0.717) is 38.2 Å². The van der Waals surface area contributed by atoms with Gasteiger partial charge in [-0.15, -0.1) is 0 Å². The van der Waals surface area contributed by atoms with E-state index < -0.39 is 0 Å². The van der Waals surface area contributed by atoms with Gasteiger partial charge in [0.15, 0.2) is 5.65 Å². The van der Waals surface area contributed by atoms with Gasteiger partial charge >= 0.3 is 0 Å². The number of fused-ring (bicyclic) bond motifs is 1. The maximum Gasteiger partial charge on any atom is 0.260 e. The number of para-hydroxylation sites is 1. The standard InChI is InChI=1S/C26H19Cl2N5O/c27-20-12-7-13-21(28)22(20)18-14-19-23(29)31-26(30-17-10-5-2-6-11-17)32-24(19)33(25(18)34)15-16-8-3-1-4-9-16/h1-14H,15H2,(H3,29,30,31,32). The number of benzene rings is 3. The van der Waals surface area contributed by atoms with Crippen molar-refractivity contribution in [3.8, 4) is 11.1 Å². The largest absolute Gasteiger partial charge is 0.383 e. The van der Waals surface area contributed by atoms with E-state index in [1.54, 1.807) is 28.8 Å². The van der Waals surface area contributed by atoms with Gasteiger partial charge in [-0.25, -0.2) is 0 Å². The second kappa shape index (κ2) is 9.17. The number of rotatable bonds is 5. The van der Waals surface area contributed by atoms with E-state index in [1.807, 2.05) is 60.7 Å². The molecule has 0 radical (unpaired) electrons. The Balaban J connectivity index is 1.76. The minimum Gasteiger partial charge on any atom is -0.383 e. The summed E-state index contributed by atoms with van der Waals surface area (Å²) >= 11 is 12.9. The highest BCUT2D eigenvalue weighted by atomic mass is 35.5. The molecule has 0 unspecified atom stereocenters. The molecule has 0 fully saturated rings. The van der Waals surface area contributed by atoms with Crippen LogP contribution < -0.4 is 16.6 Å². The molecule has 2 heterocycles. The van der Waals surface area contributed by atoms with Crippen molar-refractivity contribution in [2.24, 2.45) is 0 Å². The Morgan fingerprint density at radius 2 is 1.50 bits per heavy atom. The molecule has 8 heteroatoms.